The minimum absolute atomic E-state index is 0.101. The Kier molecular flexibility index (Phi) is 3.50. The van der Waals surface area contributed by atoms with Crippen molar-refractivity contribution >= 4 is 16.9 Å². The third kappa shape index (κ3) is 2.38. The average Bonchev–Trinajstić information content (AvgIpc) is 2.87. The van der Waals surface area contributed by atoms with Crippen LogP contribution in [0.4, 0.5) is 0 Å². The summed E-state index contributed by atoms with van der Waals surface area (Å²) in [6, 6.07) is 0. The molecule has 0 saturated carbocycles. The summed E-state index contributed by atoms with van der Waals surface area (Å²) in [6.07, 6.45) is 3.35. The largest absolute Gasteiger partial charge is 0.379 e. The predicted molar refractivity (Wildman–Crippen MR) is 70.2 cm³/mol. The van der Waals surface area contributed by atoms with Crippen LogP contribution in [0.5, 0.6) is 0 Å². The first-order valence-electron chi connectivity index (χ1n) is 6.20. The molecule has 1 N–H and O–H groups in total. The quantitative estimate of drug-likeness (QED) is 0.825. The summed E-state index contributed by atoms with van der Waals surface area (Å²) in [5.74, 6) is 1.12. The smallest absolute Gasteiger partial charge is 0.157 e. The Hall–Kier alpha value is -0.220. The molecule has 92 valence electrons. The lowest BCUT2D eigenvalue weighted by Crippen LogP contribution is -2.45. The lowest BCUT2D eigenvalue weighted by molar-refractivity contribution is 0.177. The standard InChI is InChI=1S/C12H22N2OS/c1-4-12(5-2)9-16-10(14-12)13-11(3)6-7-15-8-11/h4-9H2,1-3H3,(H,13,14). The lowest BCUT2D eigenvalue weighted by Gasteiger charge is -2.24. The van der Waals surface area contributed by atoms with E-state index in [4.69, 9.17) is 9.73 Å². The van der Waals surface area contributed by atoms with E-state index < -0.39 is 0 Å². The number of ether oxygens (including phenoxy) is 1. The van der Waals surface area contributed by atoms with Gasteiger partial charge in [0.05, 0.1) is 17.7 Å². The number of hydrogen-bond donors (Lipinski definition) is 1. The fourth-order valence-electron chi connectivity index (χ4n) is 2.18. The molecule has 0 spiro atoms. The van der Waals surface area contributed by atoms with Gasteiger partial charge in [-0.15, -0.1) is 0 Å². The van der Waals surface area contributed by atoms with Crippen molar-refractivity contribution in [2.24, 2.45) is 4.99 Å². The van der Waals surface area contributed by atoms with Gasteiger partial charge in [0.25, 0.3) is 0 Å². The van der Waals surface area contributed by atoms with E-state index in [9.17, 15) is 0 Å². The van der Waals surface area contributed by atoms with Gasteiger partial charge in [-0.3, -0.25) is 4.99 Å². The summed E-state index contributed by atoms with van der Waals surface area (Å²) in [5.41, 5.74) is 0.284. The van der Waals surface area contributed by atoms with Gasteiger partial charge in [-0.1, -0.05) is 25.6 Å². The van der Waals surface area contributed by atoms with Gasteiger partial charge in [-0.25, -0.2) is 0 Å². The van der Waals surface area contributed by atoms with Crippen LogP contribution in [0.3, 0.4) is 0 Å². The maximum Gasteiger partial charge on any atom is 0.157 e. The molecule has 0 aromatic carbocycles. The summed E-state index contributed by atoms with van der Waals surface area (Å²) in [7, 11) is 0. The number of hydrogen-bond acceptors (Lipinski definition) is 4. The lowest BCUT2D eigenvalue weighted by atomic mass is 9.96. The van der Waals surface area contributed by atoms with Crippen molar-refractivity contribution in [3.8, 4) is 0 Å². The average molecular weight is 242 g/mol. The normalized spacial score (nSPS) is 32.8. The molecule has 3 nitrogen and oxygen atoms in total. The van der Waals surface area contributed by atoms with Crippen LogP contribution in [0.15, 0.2) is 4.99 Å². The van der Waals surface area contributed by atoms with Gasteiger partial charge < -0.3 is 10.1 Å². The minimum atomic E-state index is 0.101. The number of nitrogens with zero attached hydrogens (tertiary/aromatic N) is 1. The van der Waals surface area contributed by atoms with Crippen molar-refractivity contribution < 1.29 is 4.74 Å². The predicted octanol–water partition coefficient (Wildman–Crippen LogP) is 2.42. The molecule has 0 bridgehead atoms. The fraction of sp³-hybridized carbons (Fsp3) is 0.917. The van der Waals surface area contributed by atoms with E-state index in [1.807, 2.05) is 11.8 Å². The zero-order valence-electron chi connectivity index (χ0n) is 10.5. The van der Waals surface area contributed by atoms with E-state index in [1.54, 1.807) is 0 Å². The molecule has 2 heterocycles. The van der Waals surface area contributed by atoms with Crippen molar-refractivity contribution in [1.29, 1.82) is 0 Å². The highest BCUT2D eigenvalue weighted by atomic mass is 32.2. The Bertz CT molecular complexity index is 281. The molecule has 1 unspecified atom stereocenters. The molecule has 4 heteroatoms. The van der Waals surface area contributed by atoms with Crippen LogP contribution in [-0.4, -0.2) is 35.2 Å². The first kappa shape index (κ1) is 12.2. The zero-order chi connectivity index (χ0) is 11.6. The van der Waals surface area contributed by atoms with Crippen LogP contribution in [0.25, 0.3) is 0 Å². The molecular formula is C12H22N2OS. The Morgan fingerprint density at radius 1 is 1.44 bits per heavy atom. The van der Waals surface area contributed by atoms with Gasteiger partial charge in [-0.05, 0) is 26.2 Å². The molecule has 0 radical (unpaired) electrons. The molecule has 1 atom stereocenters. The molecule has 0 aromatic heterocycles. The molecule has 1 saturated heterocycles. The van der Waals surface area contributed by atoms with Gasteiger partial charge in [0.15, 0.2) is 5.17 Å². The maximum absolute atomic E-state index is 5.45. The molecule has 0 aliphatic carbocycles. The molecule has 2 aliphatic rings. The second-order valence-corrected chi connectivity index (χ2v) is 6.09. The molecule has 0 amide bonds. The number of amidine groups is 1. The maximum atomic E-state index is 5.45. The monoisotopic (exact) mass is 242 g/mol. The highest BCUT2D eigenvalue weighted by Gasteiger charge is 2.36. The molecule has 0 aromatic rings. The van der Waals surface area contributed by atoms with E-state index in [1.165, 1.54) is 0 Å². The highest BCUT2D eigenvalue weighted by Crippen LogP contribution is 2.33. The number of thioether (sulfide) groups is 1. The zero-order valence-corrected chi connectivity index (χ0v) is 11.3. The third-order valence-electron chi connectivity index (χ3n) is 3.76. The second-order valence-electron chi connectivity index (χ2n) is 5.13. The van der Waals surface area contributed by atoms with Crippen molar-refractivity contribution in [3.63, 3.8) is 0 Å². The van der Waals surface area contributed by atoms with Gasteiger partial charge in [-0.2, -0.15) is 0 Å². The Balaban J connectivity index is 2.01. The number of rotatable bonds is 3. The highest BCUT2D eigenvalue weighted by molar-refractivity contribution is 8.14. The fourth-order valence-corrected chi connectivity index (χ4v) is 3.64. The summed E-state index contributed by atoms with van der Waals surface area (Å²) >= 11 is 1.87. The van der Waals surface area contributed by atoms with Crippen molar-refractivity contribution in [1.82, 2.24) is 5.32 Å². The molecule has 16 heavy (non-hydrogen) atoms. The van der Waals surface area contributed by atoms with Gasteiger partial charge in [0.1, 0.15) is 0 Å². The minimum Gasteiger partial charge on any atom is -0.379 e. The number of aliphatic imine (C=N–C) groups is 1. The van der Waals surface area contributed by atoms with Crippen LogP contribution in [0.1, 0.15) is 40.0 Å². The first-order chi connectivity index (χ1) is 7.61. The summed E-state index contributed by atoms with van der Waals surface area (Å²) in [6.45, 7) is 8.36. The van der Waals surface area contributed by atoms with Crippen LogP contribution < -0.4 is 5.32 Å². The molecule has 1 fully saturated rings. The van der Waals surface area contributed by atoms with Gasteiger partial charge in [0.2, 0.25) is 0 Å². The van der Waals surface area contributed by atoms with E-state index in [0.717, 1.165) is 43.4 Å². The van der Waals surface area contributed by atoms with Crippen LogP contribution in [-0.2, 0) is 4.74 Å². The molecular weight excluding hydrogens is 220 g/mol. The summed E-state index contributed by atoms with van der Waals surface area (Å²) in [5, 5.41) is 4.69. The van der Waals surface area contributed by atoms with Crippen molar-refractivity contribution in [3.05, 3.63) is 0 Å². The van der Waals surface area contributed by atoms with Crippen LogP contribution in [0.2, 0.25) is 0 Å². The van der Waals surface area contributed by atoms with Crippen LogP contribution in [0, 0.1) is 0 Å². The summed E-state index contributed by atoms with van der Waals surface area (Å²) in [4.78, 5) is 4.88. The van der Waals surface area contributed by atoms with Gasteiger partial charge >= 0.3 is 0 Å². The third-order valence-corrected chi connectivity index (χ3v) is 4.91. The molecule has 2 aliphatic heterocycles. The Morgan fingerprint density at radius 3 is 2.69 bits per heavy atom. The topological polar surface area (TPSA) is 33.6 Å². The van der Waals surface area contributed by atoms with E-state index in [2.05, 4.69) is 26.1 Å². The van der Waals surface area contributed by atoms with Crippen molar-refractivity contribution in [2.45, 2.75) is 51.1 Å². The Labute approximate surface area is 102 Å². The van der Waals surface area contributed by atoms with Gasteiger partial charge in [0, 0.05) is 12.4 Å². The second kappa shape index (κ2) is 4.57. The van der Waals surface area contributed by atoms with E-state index >= 15 is 0 Å². The first-order valence-corrected chi connectivity index (χ1v) is 7.18. The van der Waals surface area contributed by atoms with Crippen molar-refractivity contribution in [2.75, 3.05) is 19.0 Å². The Morgan fingerprint density at radius 2 is 2.19 bits per heavy atom. The van der Waals surface area contributed by atoms with E-state index in [-0.39, 0.29) is 11.1 Å². The number of nitrogens with one attached hydrogen (secondary N) is 1. The molecule has 2 rings (SSSR count). The van der Waals surface area contributed by atoms with Crippen LogP contribution >= 0.6 is 11.8 Å². The van der Waals surface area contributed by atoms with E-state index in [0.29, 0.717) is 0 Å². The summed E-state index contributed by atoms with van der Waals surface area (Å²) < 4.78 is 5.45. The SMILES string of the molecule is CCC1(CC)CSC(NC2(C)CCOC2)=N1.